The van der Waals surface area contributed by atoms with Crippen LogP contribution in [0.2, 0.25) is 0 Å². The van der Waals surface area contributed by atoms with Crippen LogP contribution < -0.4 is 5.32 Å². The highest BCUT2D eigenvalue weighted by Crippen LogP contribution is 2.17. The molecule has 3 nitrogen and oxygen atoms in total. The van der Waals surface area contributed by atoms with E-state index < -0.39 is 12.0 Å². The predicted octanol–water partition coefficient (Wildman–Crippen LogP) is -0.885. The van der Waals surface area contributed by atoms with Gasteiger partial charge in [-0.3, -0.25) is 4.79 Å². The SMILES string of the molecule is C#CC1NC(=O)C1[C@@H](C)O. The van der Waals surface area contributed by atoms with E-state index in [-0.39, 0.29) is 11.9 Å². The minimum atomic E-state index is -0.644. The zero-order valence-electron chi connectivity index (χ0n) is 5.66. The van der Waals surface area contributed by atoms with E-state index in [4.69, 9.17) is 11.5 Å². The number of amides is 1. The van der Waals surface area contributed by atoms with Gasteiger partial charge in [-0.15, -0.1) is 6.42 Å². The summed E-state index contributed by atoms with van der Waals surface area (Å²) in [6, 6.07) is -0.271. The molecule has 10 heavy (non-hydrogen) atoms. The van der Waals surface area contributed by atoms with Gasteiger partial charge in [-0.2, -0.15) is 0 Å². The predicted molar refractivity (Wildman–Crippen MR) is 35.9 cm³/mol. The molecule has 0 spiro atoms. The summed E-state index contributed by atoms with van der Waals surface area (Å²) in [4.78, 5) is 10.7. The molecule has 0 bridgehead atoms. The van der Waals surface area contributed by atoms with Gasteiger partial charge >= 0.3 is 0 Å². The van der Waals surface area contributed by atoms with E-state index in [2.05, 4.69) is 11.2 Å². The molecular weight excluding hydrogens is 130 g/mol. The number of aliphatic hydroxyl groups is 1. The first kappa shape index (κ1) is 7.10. The lowest BCUT2D eigenvalue weighted by atomic mass is 9.87. The molecule has 0 aromatic rings. The van der Waals surface area contributed by atoms with Crippen LogP contribution in [-0.4, -0.2) is 23.2 Å². The molecule has 1 aliphatic rings. The molecule has 3 heteroatoms. The molecule has 2 N–H and O–H groups in total. The van der Waals surface area contributed by atoms with E-state index >= 15 is 0 Å². The number of terminal acetylenes is 1. The van der Waals surface area contributed by atoms with E-state index in [1.54, 1.807) is 6.92 Å². The zero-order chi connectivity index (χ0) is 7.72. The van der Waals surface area contributed by atoms with Crippen molar-refractivity contribution in [2.45, 2.75) is 19.1 Å². The number of rotatable bonds is 1. The Labute approximate surface area is 59.4 Å². The van der Waals surface area contributed by atoms with Crippen molar-refractivity contribution >= 4 is 5.91 Å². The third-order valence-corrected chi connectivity index (χ3v) is 1.66. The molecule has 3 atom stereocenters. The van der Waals surface area contributed by atoms with Crippen LogP contribution in [0.15, 0.2) is 0 Å². The molecular formula is C7H9NO2. The second-order valence-corrected chi connectivity index (χ2v) is 2.42. The summed E-state index contributed by atoms with van der Waals surface area (Å²) in [5, 5.41) is 11.5. The van der Waals surface area contributed by atoms with Crippen LogP contribution in [0.4, 0.5) is 0 Å². The molecule has 54 valence electrons. The first-order valence-electron chi connectivity index (χ1n) is 3.11. The highest BCUT2D eigenvalue weighted by molar-refractivity contribution is 5.87. The number of nitrogens with one attached hydrogen (secondary N) is 1. The van der Waals surface area contributed by atoms with Crippen LogP contribution in [0.1, 0.15) is 6.92 Å². The molecule has 1 fully saturated rings. The lowest BCUT2D eigenvalue weighted by Gasteiger charge is -2.34. The van der Waals surface area contributed by atoms with Gasteiger partial charge in [-0.1, -0.05) is 5.92 Å². The smallest absolute Gasteiger partial charge is 0.229 e. The molecule has 1 rings (SSSR count). The Bertz CT molecular complexity index is 192. The summed E-state index contributed by atoms with van der Waals surface area (Å²) in [5.74, 6) is 1.82. The van der Waals surface area contributed by atoms with Gasteiger partial charge in [0.1, 0.15) is 6.04 Å². The van der Waals surface area contributed by atoms with Gasteiger partial charge in [-0.05, 0) is 6.92 Å². The normalized spacial score (nSPS) is 33.5. The van der Waals surface area contributed by atoms with E-state index in [1.165, 1.54) is 0 Å². The number of aliphatic hydroxyl groups excluding tert-OH is 1. The number of carbonyl (C=O) groups excluding carboxylic acids is 1. The van der Waals surface area contributed by atoms with Gasteiger partial charge in [0.25, 0.3) is 0 Å². The molecule has 1 amide bonds. The molecule has 0 radical (unpaired) electrons. The monoisotopic (exact) mass is 139 g/mol. The molecule has 1 aliphatic heterocycles. The Morgan fingerprint density at radius 1 is 1.90 bits per heavy atom. The molecule has 0 saturated carbocycles. The Morgan fingerprint density at radius 2 is 2.50 bits per heavy atom. The molecule has 2 unspecified atom stereocenters. The van der Waals surface area contributed by atoms with Gasteiger partial charge < -0.3 is 10.4 Å². The number of hydrogen-bond acceptors (Lipinski definition) is 2. The standard InChI is InChI=1S/C7H9NO2/c1-3-5-6(4(2)9)7(10)8-5/h1,4-6,9H,2H3,(H,8,10)/t4-,5?,6?/m1/s1. The maximum absolute atomic E-state index is 10.7. The van der Waals surface area contributed by atoms with Gasteiger partial charge in [0.15, 0.2) is 0 Å². The van der Waals surface area contributed by atoms with Crippen LogP contribution in [0.3, 0.4) is 0 Å². The van der Waals surface area contributed by atoms with Crippen molar-refractivity contribution in [3.05, 3.63) is 0 Å². The maximum Gasteiger partial charge on any atom is 0.229 e. The fraction of sp³-hybridized carbons (Fsp3) is 0.571. The van der Waals surface area contributed by atoms with Crippen molar-refractivity contribution in [1.82, 2.24) is 5.32 Å². The summed E-state index contributed by atoms with van der Waals surface area (Å²) in [7, 11) is 0. The Hall–Kier alpha value is -1.01. The van der Waals surface area contributed by atoms with E-state index in [0.29, 0.717) is 0 Å². The third kappa shape index (κ3) is 0.869. The average Bonchev–Trinajstić information content (AvgIpc) is 1.80. The van der Waals surface area contributed by atoms with E-state index in [1.807, 2.05) is 0 Å². The van der Waals surface area contributed by atoms with Crippen LogP contribution in [0.25, 0.3) is 0 Å². The van der Waals surface area contributed by atoms with Gasteiger partial charge in [0.2, 0.25) is 5.91 Å². The van der Waals surface area contributed by atoms with Crippen molar-refractivity contribution in [1.29, 1.82) is 0 Å². The largest absolute Gasteiger partial charge is 0.392 e. The second kappa shape index (κ2) is 2.31. The summed E-state index contributed by atoms with van der Waals surface area (Å²) in [5.41, 5.74) is 0. The average molecular weight is 139 g/mol. The highest BCUT2D eigenvalue weighted by Gasteiger charge is 2.41. The number of hydrogen-bond donors (Lipinski definition) is 2. The highest BCUT2D eigenvalue weighted by atomic mass is 16.3. The zero-order valence-corrected chi connectivity index (χ0v) is 5.66. The van der Waals surface area contributed by atoms with Crippen LogP contribution in [0.5, 0.6) is 0 Å². The van der Waals surface area contributed by atoms with Crippen molar-refractivity contribution in [2.24, 2.45) is 5.92 Å². The summed E-state index contributed by atoms with van der Waals surface area (Å²) < 4.78 is 0. The second-order valence-electron chi connectivity index (χ2n) is 2.42. The van der Waals surface area contributed by atoms with Gasteiger partial charge in [0, 0.05) is 0 Å². The maximum atomic E-state index is 10.7. The van der Waals surface area contributed by atoms with Crippen LogP contribution >= 0.6 is 0 Å². The van der Waals surface area contributed by atoms with E-state index in [0.717, 1.165) is 0 Å². The quantitative estimate of drug-likeness (QED) is 0.366. The third-order valence-electron chi connectivity index (χ3n) is 1.66. The topological polar surface area (TPSA) is 49.3 Å². The number of carbonyl (C=O) groups is 1. The minimum Gasteiger partial charge on any atom is -0.392 e. The van der Waals surface area contributed by atoms with Gasteiger partial charge in [-0.25, -0.2) is 0 Å². The first-order chi connectivity index (χ1) is 4.66. The first-order valence-corrected chi connectivity index (χ1v) is 3.11. The van der Waals surface area contributed by atoms with Gasteiger partial charge in [0.05, 0.1) is 12.0 Å². The summed E-state index contributed by atoms with van der Waals surface area (Å²) in [6.07, 6.45) is 4.40. The molecule has 1 saturated heterocycles. The van der Waals surface area contributed by atoms with Crippen LogP contribution in [0, 0.1) is 18.3 Å². The fourth-order valence-corrected chi connectivity index (χ4v) is 1.04. The lowest BCUT2D eigenvalue weighted by Crippen LogP contribution is -2.61. The van der Waals surface area contributed by atoms with Crippen molar-refractivity contribution in [3.8, 4) is 12.3 Å². The molecule has 0 aliphatic carbocycles. The van der Waals surface area contributed by atoms with Crippen molar-refractivity contribution in [3.63, 3.8) is 0 Å². The molecule has 0 aromatic heterocycles. The lowest BCUT2D eigenvalue weighted by molar-refractivity contribution is -0.138. The minimum absolute atomic E-state index is 0.155. The summed E-state index contributed by atoms with van der Waals surface area (Å²) >= 11 is 0. The summed E-state index contributed by atoms with van der Waals surface area (Å²) in [6.45, 7) is 1.56. The Morgan fingerprint density at radius 3 is 2.70 bits per heavy atom. The molecule has 0 aromatic carbocycles. The molecule has 1 heterocycles. The number of β-lactam (4-membered cyclic amide) rings is 1. The van der Waals surface area contributed by atoms with Crippen molar-refractivity contribution in [2.75, 3.05) is 0 Å². The Balaban J connectivity index is 2.58. The van der Waals surface area contributed by atoms with Crippen molar-refractivity contribution < 1.29 is 9.90 Å². The van der Waals surface area contributed by atoms with E-state index in [9.17, 15) is 4.79 Å². The van der Waals surface area contributed by atoms with Crippen LogP contribution in [-0.2, 0) is 4.79 Å². The fourth-order valence-electron chi connectivity index (χ4n) is 1.04. The Kier molecular flexibility index (Phi) is 1.64.